The lowest BCUT2D eigenvalue weighted by Crippen LogP contribution is -2.32. The van der Waals surface area contributed by atoms with Gasteiger partial charge in [-0.15, -0.1) is 0 Å². The summed E-state index contributed by atoms with van der Waals surface area (Å²) in [6.07, 6.45) is 6.57. The van der Waals surface area contributed by atoms with Crippen LogP contribution in [-0.2, 0) is 16.6 Å². The molecular weight excluding hydrogens is 276 g/mol. The van der Waals surface area contributed by atoms with Crippen LogP contribution in [0.3, 0.4) is 0 Å². The number of nitrogens with one attached hydrogen (secondary N) is 1. The second kappa shape index (κ2) is 4.99. The minimum Gasteiger partial charge on any atom is -0.281 e. The number of nitrogens with zero attached hydrogens (tertiary/aromatic N) is 3. The molecule has 6 nitrogen and oxygen atoms in total. The molecule has 0 spiro atoms. The first-order valence-corrected chi connectivity index (χ1v) is 7.94. The Morgan fingerprint density at radius 3 is 2.60 bits per heavy atom. The number of hydrogen-bond donors (Lipinski definition) is 1. The van der Waals surface area contributed by atoms with Crippen LogP contribution < -0.4 is 0 Å². The van der Waals surface area contributed by atoms with Crippen molar-refractivity contribution in [2.24, 2.45) is 0 Å². The smallest absolute Gasteiger partial charge is 0.247 e. The van der Waals surface area contributed by atoms with E-state index >= 15 is 0 Å². The summed E-state index contributed by atoms with van der Waals surface area (Å²) in [5, 5.41) is 6.50. The van der Waals surface area contributed by atoms with Gasteiger partial charge in [-0.2, -0.15) is 9.40 Å². The maximum atomic E-state index is 12.8. The SMILES string of the molecule is Cc1[nH]ncc1S(=O)(=O)N(Cc1ccncc1)C1CC1. The number of pyridine rings is 1. The van der Waals surface area contributed by atoms with E-state index in [4.69, 9.17) is 0 Å². The Hall–Kier alpha value is -1.73. The van der Waals surface area contributed by atoms with Crippen molar-refractivity contribution in [2.75, 3.05) is 0 Å². The summed E-state index contributed by atoms with van der Waals surface area (Å²) in [5.74, 6) is 0. The lowest BCUT2D eigenvalue weighted by Gasteiger charge is -2.21. The van der Waals surface area contributed by atoms with Crippen molar-refractivity contribution in [2.45, 2.75) is 37.2 Å². The van der Waals surface area contributed by atoms with Gasteiger partial charge in [0.1, 0.15) is 4.90 Å². The van der Waals surface area contributed by atoms with Crippen LogP contribution in [0.5, 0.6) is 0 Å². The van der Waals surface area contributed by atoms with Gasteiger partial charge in [0.15, 0.2) is 0 Å². The fourth-order valence-electron chi connectivity index (χ4n) is 2.17. The van der Waals surface area contributed by atoms with Crippen LogP contribution in [0.1, 0.15) is 24.1 Å². The van der Waals surface area contributed by atoms with Crippen molar-refractivity contribution in [3.05, 3.63) is 42.0 Å². The first-order chi connectivity index (χ1) is 9.59. The van der Waals surface area contributed by atoms with Crippen LogP contribution in [0.4, 0.5) is 0 Å². The maximum absolute atomic E-state index is 12.8. The molecule has 0 bridgehead atoms. The highest BCUT2D eigenvalue weighted by Gasteiger charge is 2.39. The maximum Gasteiger partial charge on any atom is 0.247 e. The van der Waals surface area contributed by atoms with Gasteiger partial charge in [-0.05, 0) is 37.5 Å². The number of aryl methyl sites for hydroxylation is 1. The van der Waals surface area contributed by atoms with Crippen molar-refractivity contribution < 1.29 is 8.42 Å². The van der Waals surface area contributed by atoms with Gasteiger partial charge in [-0.1, -0.05) is 0 Å². The second-order valence-electron chi connectivity index (χ2n) is 5.00. The van der Waals surface area contributed by atoms with Crippen LogP contribution in [0.15, 0.2) is 35.6 Å². The highest BCUT2D eigenvalue weighted by Crippen LogP contribution is 2.33. The molecule has 1 N–H and O–H groups in total. The van der Waals surface area contributed by atoms with E-state index in [1.54, 1.807) is 23.6 Å². The van der Waals surface area contributed by atoms with Gasteiger partial charge >= 0.3 is 0 Å². The van der Waals surface area contributed by atoms with Gasteiger partial charge < -0.3 is 0 Å². The summed E-state index contributed by atoms with van der Waals surface area (Å²) in [6, 6.07) is 3.78. The first-order valence-electron chi connectivity index (χ1n) is 6.50. The van der Waals surface area contributed by atoms with E-state index in [9.17, 15) is 8.42 Å². The summed E-state index contributed by atoms with van der Waals surface area (Å²) in [7, 11) is -3.50. The second-order valence-corrected chi connectivity index (χ2v) is 6.86. The fourth-order valence-corrected chi connectivity index (χ4v) is 3.96. The van der Waals surface area contributed by atoms with E-state index in [0.717, 1.165) is 18.4 Å². The number of aromatic nitrogens is 3. The molecular formula is C13H16N4O2S. The van der Waals surface area contributed by atoms with Gasteiger partial charge in [0, 0.05) is 25.0 Å². The molecule has 0 amide bonds. The highest BCUT2D eigenvalue weighted by molar-refractivity contribution is 7.89. The summed E-state index contributed by atoms with van der Waals surface area (Å²) >= 11 is 0. The molecule has 7 heteroatoms. The predicted molar refractivity (Wildman–Crippen MR) is 73.3 cm³/mol. The van der Waals surface area contributed by atoms with Crippen molar-refractivity contribution in [1.29, 1.82) is 0 Å². The lowest BCUT2D eigenvalue weighted by molar-refractivity contribution is 0.398. The van der Waals surface area contributed by atoms with Crippen LogP contribution in [-0.4, -0.2) is 33.9 Å². The van der Waals surface area contributed by atoms with E-state index < -0.39 is 10.0 Å². The molecule has 20 heavy (non-hydrogen) atoms. The molecule has 0 radical (unpaired) electrons. The average molecular weight is 292 g/mol. The first kappa shape index (κ1) is 13.3. The Morgan fingerprint density at radius 1 is 1.35 bits per heavy atom. The van der Waals surface area contributed by atoms with Crippen LogP contribution >= 0.6 is 0 Å². The lowest BCUT2D eigenvalue weighted by atomic mass is 10.3. The van der Waals surface area contributed by atoms with Crippen LogP contribution in [0.25, 0.3) is 0 Å². The van der Waals surface area contributed by atoms with Crippen LogP contribution in [0, 0.1) is 6.92 Å². The minimum absolute atomic E-state index is 0.0995. The molecule has 0 aromatic carbocycles. The molecule has 2 heterocycles. The fraction of sp³-hybridized carbons (Fsp3) is 0.385. The van der Waals surface area contributed by atoms with Gasteiger partial charge in [-0.25, -0.2) is 8.42 Å². The molecule has 1 aliphatic rings. The van der Waals surface area contributed by atoms with Crippen molar-refractivity contribution in [3.8, 4) is 0 Å². The Morgan fingerprint density at radius 2 is 2.05 bits per heavy atom. The van der Waals surface area contributed by atoms with Gasteiger partial charge in [-0.3, -0.25) is 10.1 Å². The van der Waals surface area contributed by atoms with Crippen molar-refractivity contribution in [1.82, 2.24) is 19.5 Å². The number of aromatic amines is 1. The number of sulfonamides is 1. The predicted octanol–water partition coefficient (Wildman–Crippen LogP) is 1.47. The summed E-state index contributed by atoms with van der Waals surface area (Å²) in [4.78, 5) is 4.22. The molecule has 1 aliphatic carbocycles. The zero-order valence-electron chi connectivity index (χ0n) is 11.2. The Bertz CT molecular complexity index is 692. The molecule has 0 saturated heterocycles. The monoisotopic (exact) mass is 292 g/mol. The van der Waals surface area contributed by atoms with Crippen LogP contribution in [0.2, 0.25) is 0 Å². The van der Waals surface area contributed by atoms with Gasteiger partial charge in [0.05, 0.1) is 11.9 Å². The van der Waals surface area contributed by atoms with E-state index in [0.29, 0.717) is 12.2 Å². The van der Waals surface area contributed by atoms with Gasteiger partial charge in [0.25, 0.3) is 0 Å². The van der Waals surface area contributed by atoms with E-state index in [1.165, 1.54) is 6.20 Å². The van der Waals surface area contributed by atoms with E-state index in [2.05, 4.69) is 15.2 Å². The topological polar surface area (TPSA) is 79.0 Å². The third-order valence-electron chi connectivity index (χ3n) is 3.41. The van der Waals surface area contributed by atoms with Gasteiger partial charge in [0.2, 0.25) is 10.0 Å². The Balaban J connectivity index is 1.93. The number of H-pyrrole nitrogens is 1. The summed E-state index contributed by atoms with van der Waals surface area (Å²) in [6.45, 7) is 2.09. The third kappa shape index (κ3) is 2.46. The number of hydrogen-bond acceptors (Lipinski definition) is 4. The normalized spacial score (nSPS) is 15.7. The van der Waals surface area contributed by atoms with E-state index in [1.807, 2.05) is 12.1 Å². The largest absolute Gasteiger partial charge is 0.281 e. The molecule has 0 unspecified atom stereocenters. The average Bonchev–Trinajstić information content (AvgIpc) is 3.18. The molecule has 0 atom stereocenters. The zero-order valence-corrected chi connectivity index (χ0v) is 12.0. The molecule has 2 aromatic rings. The van der Waals surface area contributed by atoms with Crippen molar-refractivity contribution in [3.63, 3.8) is 0 Å². The molecule has 0 aliphatic heterocycles. The Labute approximate surface area is 117 Å². The molecule has 106 valence electrons. The standard InChI is InChI=1S/C13H16N4O2S/c1-10-13(8-15-16-10)20(18,19)17(12-2-3-12)9-11-4-6-14-7-5-11/h4-8,12H,2-3,9H2,1H3,(H,15,16). The number of rotatable bonds is 5. The summed E-state index contributed by atoms with van der Waals surface area (Å²) in [5.41, 5.74) is 1.52. The van der Waals surface area contributed by atoms with Crippen molar-refractivity contribution >= 4 is 10.0 Å². The molecule has 2 aromatic heterocycles. The third-order valence-corrected chi connectivity index (χ3v) is 5.42. The quantitative estimate of drug-likeness (QED) is 0.905. The molecule has 1 saturated carbocycles. The highest BCUT2D eigenvalue weighted by atomic mass is 32.2. The Kier molecular flexibility index (Phi) is 3.31. The molecule has 1 fully saturated rings. The molecule has 3 rings (SSSR count). The van der Waals surface area contributed by atoms with E-state index in [-0.39, 0.29) is 10.9 Å². The zero-order chi connectivity index (χ0) is 14.2. The summed E-state index contributed by atoms with van der Waals surface area (Å²) < 4.78 is 27.1. The minimum atomic E-state index is -3.50.